The van der Waals surface area contributed by atoms with Crippen LogP contribution < -0.4 is 10.1 Å². The van der Waals surface area contributed by atoms with Gasteiger partial charge in [0.15, 0.2) is 0 Å². The first kappa shape index (κ1) is 18.4. The average Bonchev–Trinajstić information content (AvgIpc) is 2.62. The minimum Gasteiger partial charge on any atom is -0.435 e. The summed E-state index contributed by atoms with van der Waals surface area (Å²) in [6.45, 7) is -0.871. The van der Waals surface area contributed by atoms with Crippen molar-refractivity contribution in [2.45, 2.75) is 51.7 Å². The zero-order chi connectivity index (χ0) is 18.5. The maximum absolute atomic E-state index is 12.3. The molecule has 3 nitrogen and oxygen atoms in total. The second-order valence-electron chi connectivity index (χ2n) is 6.72. The number of halogens is 2. The summed E-state index contributed by atoms with van der Waals surface area (Å²) in [5.41, 5.74) is 4.68. The largest absolute Gasteiger partial charge is 0.435 e. The molecule has 3 rings (SSSR count). The Morgan fingerprint density at radius 3 is 2.46 bits per heavy atom. The molecule has 1 amide bonds. The lowest BCUT2D eigenvalue weighted by Crippen LogP contribution is -2.28. The number of carbonyl (C=O) groups is 1. The molecule has 0 heterocycles. The van der Waals surface area contributed by atoms with Gasteiger partial charge in [0, 0.05) is 0 Å². The molecular weight excluding hydrogens is 336 g/mol. The highest BCUT2D eigenvalue weighted by Gasteiger charge is 2.14. The molecule has 1 aliphatic carbocycles. The standard InChI is InChI=1S/C21H23F2NO2/c1-14(17-9-8-16-4-2-3-5-18(16)13-17)24-20(25)12-15-6-10-19(11-7-15)26-21(22)23/h6-11,13-14,21H,2-5,12H2,1H3,(H,24,25). The van der Waals surface area contributed by atoms with E-state index in [0.29, 0.717) is 0 Å². The zero-order valence-corrected chi connectivity index (χ0v) is 14.8. The van der Waals surface area contributed by atoms with Crippen molar-refractivity contribution in [1.29, 1.82) is 0 Å². The topological polar surface area (TPSA) is 38.3 Å². The number of amides is 1. The molecule has 1 N–H and O–H groups in total. The number of hydrogen-bond acceptors (Lipinski definition) is 2. The fourth-order valence-corrected chi connectivity index (χ4v) is 3.37. The summed E-state index contributed by atoms with van der Waals surface area (Å²) in [5.74, 6) is -0.00988. The number of carbonyl (C=O) groups excluding carboxylic acids is 1. The summed E-state index contributed by atoms with van der Waals surface area (Å²) in [7, 11) is 0. The second kappa shape index (κ2) is 8.30. The van der Waals surface area contributed by atoms with Gasteiger partial charge >= 0.3 is 6.61 Å². The summed E-state index contributed by atoms with van der Waals surface area (Å²) in [5, 5.41) is 3.01. The molecule has 1 atom stereocenters. The summed E-state index contributed by atoms with van der Waals surface area (Å²) in [6, 6.07) is 12.5. The fraction of sp³-hybridized carbons (Fsp3) is 0.381. The van der Waals surface area contributed by atoms with Crippen molar-refractivity contribution in [1.82, 2.24) is 5.32 Å². The Hall–Kier alpha value is -2.43. The lowest BCUT2D eigenvalue weighted by molar-refractivity contribution is -0.121. The van der Waals surface area contributed by atoms with E-state index in [0.717, 1.165) is 24.0 Å². The van der Waals surface area contributed by atoms with E-state index in [-0.39, 0.29) is 24.1 Å². The molecule has 1 aliphatic rings. The summed E-state index contributed by atoms with van der Waals surface area (Å²) >= 11 is 0. The van der Waals surface area contributed by atoms with Gasteiger partial charge in [-0.2, -0.15) is 8.78 Å². The van der Waals surface area contributed by atoms with Gasteiger partial charge in [0.1, 0.15) is 5.75 Å². The maximum Gasteiger partial charge on any atom is 0.387 e. The van der Waals surface area contributed by atoms with E-state index in [1.165, 1.54) is 36.1 Å². The lowest BCUT2D eigenvalue weighted by Gasteiger charge is -2.20. The molecule has 0 bridgehead atoms. The van der Waals surface area contributed by atoms with E-state index in [4.69, 9.17) is 0 Å². The molecule has 0 spiro atoms. The van der Waals surface area contributed by atoms with Gasteiger partial charge < -0.3 is 10.1 Å². The number of ether oxygens (including phenoxy) is 1. The van der Waals surface area contributed by atoms with Gasteiger partial charge in [-0.1, -0.05) is 30.3 Å². The predicted octanol–water partition coefficient (Wildman–Crippen LogP) is 4.59. The number of hydrogen-bond donors (Lipinski definition) is 1. The van der Waals surface area contributed by atoms with Gasteiger partial charge in [-0.05, 0) is 67.0 Å². The SMILES string of the molecule is CC(NC(=O)Cc1ccc(OC(F)F)cc1)c1ccc2c(c1)CCCC2. The number of fused-ring (bicyclic) bond motifs is 1. The smallest absolute Gasteiger partial charge is 0.387 e. The monoisotopic (exact) mass is 359 g/mol. The summed E-state index contributed by atoms with van der Waals surface area (Å²) in [4.78, 5) is 12.3. The molecule has 0 saturated carbocycles. The van der Waals surface area contributed by atoms with Gasteiger partial charge in [-0.3, -0.25) is 4.79 Å². The van der Waals surface area contributed by atoms with E-state index >= 15 is 0 Å². The van der Waals surface area contributed by atoms with Gasteiger partial charge in [-0.15, -0.1) is 0 Å². The Morgan fingerprint density at radius 2 is 1.77 bits per heavy atom. The number of alkyl halides is 2. The van der Waals surface area contributed by atoms with E-state index in [9.17, 15) is 13.6 Å². The maximum atomic E-state index is 12.3. The zero-order valence-electron chi connectivity index (χ0n) is 14.8. The van der Waals surface area contributed by atoms with E-state index in [1.54, 1.807) is 12.1 Å². The molecule has 0 radical (unpaired) electrons. The van der Waals surface area contributed by atoms with Crippen LogP contribution in [0.25, 0.3) is 0 Å². The van der Waals surface area contributed by atoms with Crippen molar-refractivity contribution in [3.63, 3.8) is 0 Å². The predicted molar refractivity (Wildman–Crippen MR) is 96.4 cm³/mol. The van der Waals surface area contributed by atoms with Crippen molar-refractivity contribution >= 4 is 5.91 Å². The van der Waals surface area contributed by atoms with Gasteiger partial charge in [0.2, 0.25) is 5.91 Å². The van der Waals surface area contributed by atoms with Crippen LogP contribution in [0.1, 0.15) is 48.1 Å². The molecule has 138 valence electrons. The van der Waals surface area contributed by atoms with Crippen molar-refractivity contribution < 1.29 is 18.3 Å². The van der Waals surface area contributed by atoms with Crippen LogP contribution in [-0.2, 0) is 24.1 Å². The normalized spacial score (nSPS) is 14.6. The van der Waals surface area contributed by atoms with Crippen LogP contribution in [0.4, 0.5) is 8.78 Å². The van der Waals surface area contributed by atoms with Crippen molar-refractivity contribution in [3.05, 3.63) is 64.7 Å². The Balaban J connectivity index is 1.57. The third-order valence-corrected chi connectivity index (χ3v) is 4.76. The van der Waals surface area contributed by atoms with Crippen LogP contribution in [0.15, 0.2) is 42.5 Å². The number of rotatable bonds is 6. The molecule has 1 unspecified atom stereocenters. The fourth-order valence-electron chi connectivity index (χ4n) is 3.37. The first-order chi connectivity index (χ1) is 12.5. The third-order valence-electron chi connectivity index (χ3n) is 4.76. The minimum atomic E-state index is -2.85. The molecule has 0 fully saturated rings. The van der Waals surface area contributed by atoms with Gasteiger partial charge in [0.25, 0.3) is 0 Å². The quantitative estimate of drug-likeness (QED) is 0.819. The highest BCUT2D eigenvalue weighted by Crippen LogP contribution is 2.25. The Labute approximate surface area is 152 Å². The lowest BCUT2D eigenvalue weighted by atomic mass is 9.89. The average molecular weight is 359 g/mol. The Bertz CT molecular complexity index is 759. The summed E-state index contributed by atoms with van der Waals surface area (Å²) < 4.78 is 28.6. The van der Waals surface area contributed by atoms with E-state index < -0.39 is 6.61 Å². The molecule has 0 aliphatic heterocycles. The highest BCUT2D eigenvalue weighted by molar-refractivity contribution is 5.79. The van der Waals surface area contributed by atoms with Crippen LogP contribution in [0.2, 0.25) is 0 Å². The number of aryl methyl sites for hydroxylation is 2. The second-order valence-corrected chi connectivity index (χ2v) is 6.72. The van der Waals surface area contributed by atoms with Crippen molar-refractivity contribution in [3.8, 4) is 5.75 Å². The number of nitrogens with one attached hydrogen (secondary N) is 1. The molecule has 0 aromatic heterocycles. The third kappa shape index (κ3) is 4.81. The highest BCUT2D eigenvalue weighted by atomic mass is 19.3. The van der Waals surface area contributed by atoms with Crippen LogP contribution >= 0.6 is 0 Å². The minimum absolute atomic E-state index is 0.0730. The number of benzene rings is 2. The summed E-state index contributed by atoms with van der Waals surface area (Å²) in [6.07, 6.45) is 4.92. The molecule has 2 aromatic carbocycles. The van der Waals surface area contributed by atoms with Crippen LogP contribution in [-0.4, -0.2) is 12.5 Å². The molecule has 0 saturated heterocycles. The first-order valence-corrected chi connectivity index (χ1v) is 8.96. The van der Waals surface area contributed by atoms with E-state index in [1.807, 2.05) is 6.92 Å². The van der Waals surface area contributed by atoms with Crippen molar-refractivity contribution in [2.24, 2.45) is 0 Å². The van der Waals surface area contributed by atoms with Crippen molar-refractivity contribution in [2.75, 3.05) is 0 Å². The molecule has 5 heteroatoms. The van der Waals surface area contributed by atoms with Crippen LogP contribution in [0.3, 0.4) is 0 Å². The Kier molecular flexibility index (Phi) is 5.86. The van der Waals surface area contributed by atoms with Gasteiger partial charge in [0.05, 0.1) is 12.5 Å². The Morgan fingerprint density at radius 1 is 1.08 bits per heavy atom. The van der Waals surface area contributed by atoms with E-state index in [2.05, 4.69) is 28.3 Å². The molecule has 26 heavy (non-hydrogen) atoms. The first-order valence-electron chi connectivity index (χ1n) is 8.96. The van der Waals surface area contributed by atoms with Crippen LogP contribution in [0, 0.1) is 0 Å². The molecule has 2 aromatic rings. The molecular formula is C21H23F2NO2. The van der Waals surface area contributed by atoms with Crippen LogP contribution in [0.5, 0.6) is 5.75 Å². The van der Waals surface area contributed by atoms with Gasteiger partial charge in [-0.25, -0.2) is 0 Å².